The van der Waals surface area contributed by atoms with Gasteiger partial charge in [0.25, 0.3) is 0 Å². The maximum atomic E-state index is 6.12. The van der Waals surface area contributed by atoms with E-state index in [1.54, 1.807) is 6.07 Å². The third-order valence-corrected chi connectivity index (χ3v) is 3.45. The van der Waals surface area contributed by atoms with Crippen molar-refractivity contribution in [1.82, 2.24) is 0 Å². The summed E-state index contributed by atoms with van der Waals surface area (Å²) in [5.41, 5.74) is 4.72. The molecule has 94 valence electrons. The summed E-state index contributed by atoms with van der Waals surface area (Å²) in [5.74, 6) is 0. The second kappa shape index (κ2) is 5.64. The number of hydrogen-bond donors (Lipinski definition) is 1. The average molecular weight is 280 g/mol. The van der Waals surface area contributed by atoms with Crippen molar-refractivity contribution in [3.05, 3.63) is 63.1 Å². The Hall–Kier alpha value is -1.18. The third kappa shape index (κ3) is 3.18. The van der Waals surface area contributed by atoms with Gasteiger partial charge in [0.05, 0.1) is 10.7 Å². The summed E-state index contributed by atoms with van der Waals surface area (Å²) in [7, 11) is 0. The summed E-state index contributed by atoms with van der Waals surface area (Å²) >= 11 is 12.0. The lowest BCUT2D eigenvalue weighted by Crippen LogP contribution is -2.02. The highest BCUT2D eigenvalue weighted by atomic mass is 35.5. The van der Waals surface area contributed by atoms with Gasteiger partial charge < -0.3 is 5.32 Å². The zero-order valence-electron chi connectivity index (χ0n) is 10.4. The second-order valence-electron chi connectivity index (χ2n) is 4.41. The van der Waals surface area contributed by atoms with Crippen molar-refractivity contribution >= 4 is 28.9 Å². The van der Waals surface area contributed by atoms with E-state index in [4.69, 9.17) is 23.2 Å². The minimum absolute atomic E-state index is 0.646. The van der Waals surface area contributed by atoms with Crippen molar-refractivity contribution in [2.75, 3.05) is 5.32 Å². The molecule has 18 heavy (non-hydrogen) atoms. The number of nitrogens with one attached hydrogen (secondary N) is 1. The van der Waals surface area contributed by atoms with Gasteiger partial charge in [-0.1, -0.05) is 47.0 Å². The number of anilines is 1. The first kappa shape index (κ1) is 13.3. The lowest BCUT2D eigenvalue weighted by atomic mass is 10.1. The van der Waals surface area contributed by atoms with Gasteiger partial charge in [-0.15, -0.1) is 0 Å². The van der Waals surface area contributed by atoms with Gasteiger partial charge >= 0.3 is 0 Å². The van der Waals surface area contributed by atoms with E-state index in [9.17, 15) is 0 Å². The molecule has 0 saturated heterocycles. The zero-order chi connectivity index (χ0) is 13.1. The van der Waals surface area contributed by atoms with Gasteiger partial charge in [0.1, 0.15) is 0 Å². The molecule has 0 fully saturated rings. The van der Waals surface area contributed by atoms with Crippen LogP contribution in [0.25, 0.3) is 0 Å². The summed E-state index contributed by atoms with van der Waals surface area (Å²) < 4.78 is 0. The molecule has 0 atom stereocenters. The first-order valence-corrected chi connectivity index (χ1v) is 6.57. The van der Waals surface area contributed by atoms with Crippen LogP contribution in [-0.2, 0) is 6.54 Å². The van der Waals surface area contributed by atoms with Gasteiger partial charge in [0, 0.05) is 11.6 Å². The molecule has 0 aromatic heterocycles. The van der Waals surface area contributed by atoms with Crippen LogP contribution in [0.4, 0.5) is 5.69 Å². The Labute approximate surface area is 118 Å². The normalized spacial score (nSPS) is 10.4. The average Bonchev–Trinajstić information content (AvgIpc) is 2.32. The van der Waals surface area contributed by atoms with Crippen LogP contribution in [0.5, 0.6) is 0 Å². The summed E-state index contributed by atoms with van der Waals surface area (Å²) in [4.78, 5) is 0. The topological polar surface area (TPSA) is 12.0 Å². The predicted molar refractivity (Wildman–Crippen MR) is 79.7 cm³/mol. The van der Waals surface area contributed by atoms with Crippen molar-refractivity contribution in [2.45, 2.75) is 20.4 Å². The monoisotopic (exact) mass is 279 g/mol. The molecule has 0 amide bonds. The summed E-state index contributed by atoms with van der Waals surface area (Å²) in [6.45, 7) is 4.97. The third-order valence-electron chi connectivity index (χ3n) is 2.91. The molecule has 0 bridgehead atoms. The standard InChI is InChI=1S/C15H15Cl2N/c1-10-3-4-11(2)12(7-10)9-18-15-6-5-13(16)8-14(15)17/h3-8,18H,9H2,1-2H3. The molecule has 2 rings (SSSR count). The Kier molecular flexibility index (Phi) is 4.15. The number of aryl methyl sites for hydroxylation is 2. The number of rotatable bonds is 3. The molecule has 3 heteroatoms. The maximum absolute atomic E-state index is 6.12. The van der Waals surface area contributed by atoms with Crippen LogP contribution in [-0.4, -0.2) is 0 Å². The van der Waals surface area contributed by atoms with Gasteiger partial charge in [0.15, 0.2) is 0 Å². The van der Waals surface area contributed by atoms with Crippen molar-refractivity contribution < 1.29 is 0 Å². The second-order valence-corrected chi connectivity index (χ2v) is 5.25. The molecule has 0 aliphatic heterocycles. The van der Waals surface area contributed by atoms with Crippen LogP contribution in [0.3, 0.4) is 0 Å². The Balaban J connectivity index is 2.13. The lowest BCUT2D eigenvalue weighted by molar-refractivity contribution is 1.11. The fourth-order valence-electron chi connectivity index (χ4n) is 1.81. The molecular formula is C15H15Cl2N. The van der Waals surface area contributed by atoms with Crippen molar-refractivity contribution in [3.63, 3.8) is 0 Å². The summed E-state index contributed by atoms with van der Waals surface area (Å²) in [6, 6.07) is 11.9. The fraction of sp³-hybridized carbons (Fsp3) is 0.200. The SMILES string of the molecule is Cc1ccc(C)c(CNc2ccc(Cl)cc2Cl)c1. The molecule has 0 unspecified atom stereocenters. The smallest absolute Gasteiger partial charge is 0.0652 e. The van der Waals surface area contributed by atoms with E-state index in [-0.39, 0.29) is 0 Å². The Morgan fingerprint density at radius 3 is 2.50 bits per heavy atom. The van der Waals surface area contributed by atoms with Crippen LogP contribution in [0.2, 0.25) is 10.0 Å². The summed E-state index contributed by atoms with van der Waals surface area (Å²) in [6.07, 6.45) is 0. The quantitative estimate of drug-likeness (QED) is 0.812. The van der Waals surface area contributed by atoms with Crippen LogP contribution in [0, 0.1) is 13.8 Å². The van der Waals surface area contributed by atoms with E-state index in [0.717, 1.165) is 12.2 Å². The molecular weight excluding hydrogens is 265 g/mol. The number of benzene rings is 2. The van der Waals surface area contributed by atoms with Crippen LogP contribution in [0.1, 0.15) is 16.7 Å². The van der Waals surface area contributed by atoms with Crippen molar-refractivity contribution in [1.29, 1.82) is 0 Å². The van der Waals surface area contributed by atoms with Crippen molar-refractivity contribution in [2.24, 2.45) is 0 Å². The lowest BCUT2D eigenvalue weighted by Gasteiger charge is -2.11. The summed E-state index contributed by atoms with van der Waals surface area (Å²) in [5, 5.41) is 4.63. The molecule has 0 radical (unpaired) electrons. The van der Waals surface area contributed by atoms with E-state index in [0.29, 0.717) is 10.0 Å². The van der Waals surface area contributed by atoms with E-state index >= 15 is 0 Å². The van der Waals surface area contributed by atoms with Gasteiger partial charge in [-0.2, -0.15) is 0 Å². The maximum Gasteiger partial charge on any atom is 0.0652 e. The zero-order valence-corrected chi connectivity index (χ0v) is 11.9. The molecule has 1 nitrogen and oxygen atoms in total. The molecule has 2 aromatic carbocycles. The van der Waals surface area contributed by atoms with E-state index in [2.05, 4.69) is 37.4 Å². The Morgan fingerprint density at radius 2 is 1.78 bits per heavy atom. The molecule has 0 aliphatic rings. The molecule has 0 aliphatic carbocycles. The molecule has 2 aromatic rings. The minimum atomic E-state index is 0.646. The van der Waals surface area contributed by atoms with Gasteiger partial charge in [-0.25, -0.2) is 0 Å². The number of halogens is 2. The van der Waals surface area contributed by atoms with Crippen LogP contribution >= 0.6 is 23.2 Å². The molecule has 0 heterocycles. The molecule has 0 spiro atoms. The molecule has 1 N–H and O–H groups in total. The first-order chi connectivity index (χ1) is 8.56. The van der Waals surface area contributed by atoms with E-state index < -0.39 is 0 Å². The minimum Gasteiger partial charge on any atom is -0.380 e. The Bertz CT molecular complexity index is 564. The predicted octanol–water partition coefficient (Wildman–Crippen LogP) is 5.22. The highest BCUT2D eigenvalue weighted by molar-refractivity contribution is 6.36. The first-order valence-electron chi connectivity index (χ1n) is 5.81. The van der Waals surface area contributed by atoms with E-state index in [1.165, 1.54) is 16.7 Å². The number of hydrogen-bond acceptors (Lipinski definition) is 1. The van der Waals surface area contributed by atoms with Gasteiger partial charge in [0.2, 0.25) is 0 Å². The Morgan fingerprint density at radius 1 is 1.00 bits per heavy atom. The van der Waals surface area contributed by atoms with Crippen LogP contribution < -0.4 is 5.32 Å². The molecule has 0 saturated carbocycles. The highest BCUT2D eigenvalue weighted by Gasteiger charge is 2.03. The fourth-order valence-corrected chi connectivity index (χ4v) is 2.29. The van der Waals surface area contributed by atoms with Gasteiger partial charge in [-0.3, -0.25) is 0 Å². The largest absolute Gasteiger partial charge is 0.380 e. The highest BCUT2D eigenvalue weighted by Crippen LogP contribution is 2.26. The van der Waals surface area contributed by atoms with Crippen LogP contribution in [0.15, 0.2) is 36.4 Å². The van der Waals surface area contributed by atoms with Gasteiger partial charge in [-0.05, 0) is 43.2 Å². The van der Waals surface area contributed by atoms with Crippen molar-refractivity contribution in [3.8, 4) is 0 Å². The van der Waals surface area contributed by atoms with E-state index in [1.807, 2.05) is 12.1 Å².